The minimum Gasteiger partial charge on any atom is -0.455 e. The first-order valence-corrected chi connectivity index (χ1v) is 43.8. The fourth-order valence-corrected chi connectivity index (χ4v) is 26.0. The first-order chi connectivity index (χ1) is 59.6. The highest BCUT2D eigenvalue weighted by atomic mass is 32.1. The number of para-hydroxylation sites is 8. The maximum Gasteiger partial charge on any atom is 0.333 e. The number of benzene rings is 17. The third-order valence-electron chi connectivity index (χ3n) is 30.0. The van der Waals surface area contributed by atoms with Crippen LogP contribution in [0.5, 0.6) is 0 Å². The lowest BCUT2D eigenvalue weighted by molar-refractivity contribution is 0.310. The molecular formula is C111H70B2N6OS. The average Bonchev–Trinajstić information content (AvgIpc) is 1.24. The maximum atomic E-state index is 7.91. The molecule has 0 amide bonds. The third-order valence-corrected chi connectivity index (χ3v) is 31.1. The van der Waals surface area contributed by atoms with Gasteiger partial charge in [-0.05, 0) is 177 Å². The third kappa shape index (κ3) is 7.84. The number of hydrogen-bond acceptors (Lipinski definition) is 4. The highest BCUT2D eigenvalue weighted by Gasteiger charge is 2.50. The van der Waals surface area contributed by atoms with Crippen molar-refractivity contribution in [1.82, 2.24) is 17.9 Å². The fraction of sp³-hybridized carbons (Fsp3) is 0.0811. The lowest BCUT2D eigenvalue weighted by Gasteiger charge is -2.47. The maximum absolute atomic E-state index is 7.91. The highest BCUT2D eigenvalue weighted by molar-refractivity contribution is 7.26. The van der Waals surface area contributed by atoms with Gasteiger partial charge in [0, 0.05) is 135 Å². The summed E-state index contributed by atoms with van der Waals surface area (Å²) in [5.74, 6) is 0. The number of rotatable bonds is 5. The molecule has 0 fully saturated rings. The Morgan fingerprint density at radius 3 is 1.64 bits per heavy atom. The van der Waals surface area contributed by atoms with Crippen molar-refractivity contribution >= 4 is 232 Å². The van der Waals surface area contributed by atoms with Crippen molar-refractivity contribution in [1.29, 1.82) is 0 Å². The molecule has 17 aromatic carbocycles. The van der Waals surface area contributed by atoms with Crippen LogP contribution in [0.2, 0.25) is 0 Å². The van der Waals surface area contributed by atoms with Gasteiger partial charge in [0.15, 0.2) is 0 Å². The Bertz CT molecular complexity index is 9120. The van der Waals surface area contributed by atoms with Crippen LogP contribution in [0, 0.1) is 6.92 Å². The van der Waals surface area contributed by atoms with Crippen molar-refractivity contribution in [3.05, 3.63) is 338 Å². The molecule has 0 spiro atoms. The number of furan rings is 1. The quantitative estimate of drug-likeness (QED) is 0.161. The van der Waals surface area contributed by atoms with E-state index in [4.69, 9.17) is 4.42 Å². The van der Waals surface area contributed by atoms with Crippen LogP contribution in [0.1, 0.15) is 55.9 Å². The fourth-order valence-electron chi connectivity index (χ4n) is 24.9. The Kier molecular flexibility index (Phi) is 11.8. The summed E-state index contributed by atoms with van der Waals surface area (Å²) in [4.78, 5) is 5.57. The molecule has 10 heteroatoms. The van der Waals surface area contributed by atoms with Crippen LogP contribution in [0.4, 0.5) is 22.7 Å². The summed E-state index contributed by atoms with van der Waals surface area (Å²) in [5.41, 5.74) is 39.3. The van der Waals surface area contributed by atoms with E-state index in [1.54, 1.807) is 0 Å². The second-order valence-electron chi connectivity index (χ2n) is 36.5. The molecule has 8 aromatic heterocycles. The van der Waals surface area contributed by atoms with Gasteiger partial charge in [0.1, 0.15) is 11.2 Å². The second kappa shape index (κ2) is 22.1. The first-order valence-electron chi connectivity index (χ1n) is 42.9. The van der Waals surface area contributed by atoms with Crippen molar-refractivity contribution in [3.63, 3.8) is 0 Å². The number of thiophene rings is 1. The number of aryl methyl sites for hydroxylation is 1. The molecule has 562 valence electrons. The highest BCUT2D eigenvalue weighted by Crippen LogP contribution is 2.59. The van der Waals surface area contributed by atoms with Gasteiger partial charge in [-0.15, -0.1) is 11.3 Å². The Morgan fingerprint density at radius 1 is 0.355 bits per heavy atom. The van der Waals surface area contributed by atoms with E-state index < -0.39 is 0 Å². The van der Waals surface area contributed by atoms with Crippen molar-refractivity contribution in [2.24, 2.45) is 0 Å². The largest absolute Gasteiger partial charge is 0.455 e. The lowest BCUT2D eigenvalue weighted by Crippen LogP contribution is -2.61. The van der Waals surface area contributed by atoms with Crippen LogP contribution in [0.15, 0.2) is 320 Å². The monoisotopic (exact) mass is 1560 g/mol. The van der Waals surface area contributed by atoms with Crippen LogP contribution in [-0.2, 0) is 17.3 Å². The van der Waals surface area contributed by atoms with Gasteiger partial charge in [0.05, 0.1) is 66.5 Å². The van der Waals surface area contributed by atoms with E-state index in [0.717, 1.165) is 58.0 Å². The van der Waals surface area contributed by atoms with Gasteiger partial charge >= 0.3 is 13.7 Å². The van der Waals surface area contributed by atoms with Gasteiger partial charge in [-0.25, -0.2) is 0 Å². The topological polar surface area (TPSA) is 38.3 Å². The summed E-state index contributed by atoms with van der Waals surface area (Å²) in [5, 5.41) is 20.2. The summed E-state index contributed by atoms with van der Waals surface area (Å²) in [6, 6.07) is 122. The average molecular weight is 1560 g/mol. The van der Waals surface area contributed by atoms with Crippen LogP contribution < -0.4 is 31.5 Å². The van der Waals surface area contributed by atoms with E-state index in [9.17, 15) is 0 Å². The SMILES string of the molecule is Cc1cc2c(cc1N1B3c4c(cc5sc6ccccc6c5c4-n4c5ccccc5c5cccc3c54)-c3ccc4c5cccc6c7ccccc7n(c4c31)c65)C(C)(C)CCC2(C)Cc1ccc2c(c1)oc1c3c4c(cc12)-n1c2ccccc2c2cccc(c21)B4N(c1ccc(-c2ccccc2)cc1)c1cc2c4cccc5c6ccccc6n(c2cc1-3)c54. The van der Waals surface area contributed by atoms with Gasteiger partial charge in [0.25, 0.3) is 0 Å². The molecule has 12 heterocycles. The summed E-state index contributed by atoms with van der Waals surface area (Å²) in [7, 11) is 0. The first kappa shape index (κ1) is 64.7. The van der Waals surface area contributed by atoms with Crippen molar-refractivity contribution in [3.8, 4) is 44.8 Å². The standard InChI is InChI=1S/C111H70B2N6OS/c1-60-52-84-83(58-91(60)119-107-77(49-48-76-74-31-18-30-71-66-25-10-15-39-89(66)116(103(71)74)106(76)107)80-57-97-98(78-28-12-17-41-96(78)121-97)108-100(80)112(119)86-36-21-34-73-68-27-11-16-40-90(68)117(108)105(73)86)110(2,3)50-51-111(84,4)59-61-42-47-69-81-55-94-101-99(109(81)120-95(69)53-61)82-56-92-79(75-32-19-29-70-65-24-8-13-37-87(65)114(92)102(70)75)54-93(82)118(64-45-43-63(44-46-64)62-22-6-5-7-23-62)113(101)85-35-20-33-72-67-26-9-14-38-88(67)115(94)104(72)85/h5-49,52-58H,50-51,59H2,1-4H3. The molecule has 121 heavy (non-hydrogen) atoms. The molecule has 30 rings (SSSR count). The van der Waals surface area contributed by atoms with Crippen LogP contribution in [-0.4, -0.2) is 31.6 Å². The van der Waals surface area contributed by atoms with E-state index in [2.05, 4.69) is 371 Å². The van der Waals surface area contributed by atoms with Crippen LogP contribution >= 0.6 is 11.3 Å². The lowest BCUT2D eigenvalue weighted by atomic mass is 9.43. The van der Waals surface area contributed by atoms with Crippen molar-refractivity contribution in [2.75, 3.05) is 9.62 Å². The molecule has 0 saturated heterocycles. The second-order valence-corrected chi connectivity index (χ2v) is 37.5. The zero-order valence-electron chi connectivity index (χ0n) is 66.8. The van der Waals surface area contributed by atoms with E-state index in [-0.39, 0.29) is 24.5 Å². The zero-order chi connectivity index (χ0) is 78.8. The van der Waals surface area contributed by atoms with Gasteiger partial charge in [-0.2, -0.15) is 0 Å². The molecule has 1 unspecified atom stereocenters. The van der Waals surface area contributed by atoms with E-state index >= 15 is 0 Å². The van der Waals surface area contributed by atoms with Crippen molar-refractivity contribution < 1.29 is 4.42 Å². The van der Waals surface area contributed by atoms with Gasteiger partial charge in [-0.1, -0.05) is 257 Å². The predicted molar refractivity (Wildman–Crippen MR) is 513 cm³/mol. The molecule has 7 nitrogen and oxygen atoms in total. The number of nitrogens with zero attached hydrogens (tertiary/aromatic N) is 6. The Balaban J connectivity index is 0.637. The Hall–Kier alpha value is -14.3. The van der Waals surface area contributed by atoms with Gasteiger partial charge < -0.3 is 32.0 Å². The van der Waals surface area contributed by atoms with E-state index in [1.807, 2.05) is 11.3 Å². The van der Waals surface area contributed by atoms with Crippen LogP contribution in [0.25, 0.3) is 207 Å². The minimum absolute atomic E-state index is 0.157. The molecule has 1 aliphatic carbocycles. The zero-order valence-corrected chi connectivity index (χ0v) is 67.6. The molecule has 5 aliphatic rings. The molecule has 0 radical (unpaired) electrons. The van der Waals surface area contributed by atoms with E-state index in [1.165, 1.54) is 235 Å². The Morgan fingerprint density at radius 2 is 0.917 bits per heavy atom. The summed E-state index contributed by atoms with van der Waals surface area (Å²) in [6.07, 6.45) is 2.91. The predicted octanol–water partition coefficient (Wildman–Crippen LogP) is 26.5. The number of fused-ring (bicyclic) bond motifs is 36. The number of aromatic nitrogens is 4. The van der Waals surface area contributed by atoms with E-state index in [0.29, 0.717) is 0 Å². The normalized spacial score (nSPS) is 15.8. The number of hydrogen-bond donors (Lipinski definition) is 0. The van der Waals surface area contributed by atoms with Crippen molar-refractivity contribution in [2.45, 2.75) is 57.8 Å². The smallest absolute Gasteiger partial charge is 0.333 e. The summed E-state index contributed by atoms with van der Waals surface area (Å²) < 4.78 is 21.0. The molecule has 0 N–H and O–H groups in total. The summed E-state index contributed by atoms with van der Waals surface area (Å²) >= 11 is 1.94. The molecular weight excluding hydrogens is 1490 g/mol. The van der Waals surface area contributed by atoms with Gasteiger partial charge in [-0.3, -0.25) is 0 Å². The molecule has 0 bridgehead atoms. The van der Waals surface area contributed by atoms with Gasteiger partial charge in [0.2, 0.25) is 0 Å². The summed E-state index contributed by atoms with van der Waals surface area (Å²) in [6.45, 7) is 9.67. The molecule has 1 atom stereocenters. The molecule has 0 saturated carbocycles. The number of anilines is 4. The Labute approximate surface area is 698 Å². The molecule has 4 aliphatic heterocycles. The molecule has 25 aromatic rings. The van der Waals surface area contributed by atoms with Crippen LogP contribution in [0.3, 0.4) is 0 Å². The minimum atomic E-state index is -0.242.